The maximum atomic E-state index is 5.60. The van der Waals surface area contributed by atoms with Crippen molar-refractivity contribution in [1.29, 1.82) is 0 Å². The van der Waals surface area contributed by atoms with Gasteiger partial charge in [0.2, 0.25) is 5.89 Å². The molecule has 0 unspecified atom stereocenters. The quantitative estimate of drug-likeness (QED) is 0.765. The van der Waals surface area contributed by atoms with E-state index in [0.29, 0.717) is 18.5 Å². The van der Waals surface area contributed by atoms with Gasteiger partial charge in [-0.05, 0) is 24.1 Å². The van der Waals surface area contributed by atoms with Gasteiger partial charge in [-0.2, -0.15) is 0 Å². The van der Waals surface area contributed by atoms with Crippen LogP contribution in [0, 0.1) is 0 Å². The Morgan fingerprint density at radius 3 is 3.00 bits per heavy atom. The third kappa shape index (κ3) is 3.07. The van der Waals surface area contributed by atoms with E-state index in [4.69, 9.17) is 10.2 Å². The zero-order valence-corrected chi connectivity index (χ0v) is 10.5. The van der Waals surface area contributed by atoms with Crippen LogP contribution in [0.4, 0.5) is 6.01 Å². The highest BCUT2D eigenvalue weighted by Gasteiger charge is 2.08. The van der Waals surface area contributed by atoms with E-state index in [1.54, 1.807) is 0 Å². The van der Waals surface area contributed by atoms with E-state index in [9.17, 15) is 0 Å². The predicted octanol–water partition coefficient (Wildman–Crippen LogP) is 2.41. The summed E-state index contributed by atoms with van der Waals surface area (Å²) in [6.07, 6.45) is 2.22. The van der Waals surface area contributed by atoms with Crippen molar-refractivity contribution >= 4 is 6.01 Å². The number of nitrogens with two attached hydrogens (primary N) is 1. The van der Waals surface area contributed by atoms with E-state index in [-0.39, 0.29) is 0 Å². The van der Waals surface area contributed by atoms with Crippen LogP contribution in [-0.4, -0.2) is 16.7 Å². The van der Waals surface area contributed by atoms with Crippen LogP contribution >= 0.6 is 0 Å². The van der Waals surface area contributed by atoms with Gasteiger partial charge in [-0.3, -0.25) is 0 Å². The van der Waals surface area contributed by atoms with Gasteiger partial charge >= 0.3 is 6.01 Å². The lowest BCUT2D eigenvalue weighted by Gasteiger charge is -1.99. The molecule has 0 aliphatic carbocycles. The summed E-state index contributed by atoms with van der Waals surface area (Å²) in [6.45, 7) is 3.49. The molecule has 0 saturated heterocycles. The van der Waals surface area contributed by atoms with Gasteiger partial charge in [0.25, 0.3) is 0 Å². The van der Waals surface area contributed by atoms with Crippen LogP contribution in [0.2, 0.25) is 0 Å². The van der Waals surface area contributed by atoms with Crippen molar-refractivity contribution < 1.29 is 4.42 Å². The monoisotopic (exact) mass is 246 g/mol. The molecular weight excluding hydrogens is 228 g/mol. The minimum Gasteiger partial charge on any atom is -0.403 e. The van der Waals surface area contributed by atoms with Crippen molar-refractivity contribution in [2.24, 2.45) is 5.73 Å². The van der Waals surface area contributed by atoms with Crippen LogP contribution in [0.25, 0.3) is 11.5 Å². The molecule has 2 rings (SSSR count). The summed E-state index contributed by atoms with van der Waals surface area (Å²) in [4.78, 5) is 0. The summed E-state index contributed by atoms with van der Waals surface area (Å²) in [7, 11) is 0. The van der Waals surface area contributed by atoms with E-state index in [1.807, 2.05) is 24.3 Å². The van der Waals surface area contributed by atoms with Gasteiger partial charge in [-0.15, -0.1) is 5.10 Å². The van der Waals surface area contributed by atoms with Gasteiger partial charge in [0.1, 0.15) is 0 Å². The van der Waals surface area contributed by atoms with Crippen molar-refractivity contribution in [3.8, 4) is 11.5 Å². The van der Waals surface area contributed by atoms with E-state index in [0.717, 1.165) is 30.5 Å². The highest BCUT2D eigenvalue weighted by atomic mass is 16.4. The number of unbranched alkanes of at least 4 members (excludes halogenated alkanes) is 1. The van der Waals surface area contributed by atoms with Crippen LogP contribution in [0.5, 0.6) is 0 Å². The first kappa shape index (κ1) is 12.6. The van der Waals surface area contributed by atoms with Gasteiger partial charge in [0.05, 0.1) is 0 Å². The number of nitrogens with one attached hydrogen (secondary N) is 1. The Labute approximate surface area is 106 Å². The van der Waals surface area contributed by atoms with Gasteiger partial charge in [-0.1, -0.05) is 30.6 Å². The van der Waals surface area contributed by atoms with Crippen LogP contribution in [-0.2, 0) is 6.54 Å². The number of anilines is 1. The normalized spacial score (nSPS) is 10.6. The first-order valence-corrected chi connectivity index (χ1v) is 6.20. The zero-order chi connectivity index (χ0) is 12.8. The molecule has 0 aliphatic heterocycles. The summed E-state index contributed by atoms with van der Waals surface area (Å²) in [5, 5.41) is 11.1. The molecule has 5 nitrogen and oxygen atoms in total. The van der Waals surface area contributed by atoms with Gasteiger partial charge < -0.3 is 15.5 Å². The average molecular weight is 246 g/mol. The fourth-order valence-corrected chi connectivity index (χ4v) is 1.61. The maximum Gasteiger partial charge on any atom is 0.315 e. The van der Waals surface area contributed by atoms with Gasteiger partial charge in [0.15, 0.2) is 0 Å². The summed E-state index contributed by atoms with van der Waals surface area (Å²) in [6, 6.07) is 8.27. The maximum absolute atomic E-state index is 5.60. The molecule has 5 heteroatoms. The largest absolute Gasteiger partial charge is 0.403 e. The Hall–Kier alpha value is -1.88. The number of nitrogens with zero attached hydrogens (tertiary/aromatic N) is 2. The highest BCUT2D eigenvalue weighted by molar-refractivity contribution is 5.54. The van der Waals surface area contributed by atoms with Crippen molar-refractivity contribution in [3.63, 3.8) is 0 Å². The van der Waals surface area contributed by atoms with Crippen molar-refractivity contribution in [2.75, 3.05) is 11.9 Å². The molecule has 0 radical (unpaired) electrons. The molecule has 0 bridgehead atoms. The van der Waals surface area contributed by atoms with E-state index >= 15 is 0 Å². The molecule has 96 valence electrons. The number of aromatic nitrogens is 2. The summed E-state index contributed by atoms with van der Waals surface area (Å²) >= 11 is 0. The summed E-state index contributed by atoms with van der Waals surface area (Å²) < 4.78 is 5.54. The lowest BCUT2D eigenvalue weighted by atomic mass is 10.1. The van der Waals surface area contributed by atoms with Gasteiger partial charge in [0, 0.05) is 18.7 Å². The van der Waals surface area contributed by atoms with Crippen LogP contribution in [0.15, 0.2) is 28.7 Å². The Bertz CT molecular complexity index is 495. The molecule has 0 atom stereocenters. The molecule has 0 amide bonds. The van der Waals surface area contributed by atoms with Gasteiger partial charge in [-0.25, -0.2) is 0 Å². The average Bonchev–Trinajstić information content (AvgIpc) is 2.88. The molecule has 2 aromatic rings. The molecular formula is C13H18N4O. The predicted molar refractivity (Wildman–Crippen MR) is 71.0 cm³/mol. The lowest BCUT2D eigenvalue weighted by molar-refractivity contribution is 0.579. The second-order valence-electron chi connectivity index (χ2n) is 4.10. The number of hydrogen-bond donors (Lipinski definition) is 2. The standard InChI is InChI=1S/C13H18N4O/c1-2-3-7-15-13-17-16-12(18-13)11-6-4-5-10(8-11)9-14/h4-6,8H,2-3,7,9,14H2,1H3,(H,15,17). The summed E-state index contributed by atoms with van der Waals surface area (Å²) in [5.74, 6) is 0.518. The van der Waals surface area contributed by atoms with Crippen LogP contribution < -0.4 is 11.1 Å². The van der Waals surface area contributed by atoms with E-state index in [1.165, 1.54) is 0 Å². The first-order chi connectivity index (χ1) is 8.83. The number of hydrogen-bond acceptors (Lipinski definition) is 5. The fourth-order valence-electron chi connectivity index (χ4n) is 1.61. The smallest absolute Gasteiger partial charge is 0.315 e. The Morgan fingerprint density at radius 1 is 1.33 bits per heavy atom. The van der Waals surface area contributed by atoms with Crippen molar-refractivity contribution in [2.45, 2.75) is 26.3 Å². The SMILES string of the molecule is CCCCNc1nnc(-c2cccc(CN)c2)o1. The fraction of sp³-hybridized carbons (Fsp3) is 0.385. The second kappa shape index (κ2) is 6.16. The molecule has 18 heavy (non-hydrogen) atoms. The number of benzene rings is 1. The topological polar surface area (TPSA) is 77.0 Å². The minimum absolute atomic E-state index is 0.469. The number of rotatable bonds is 6. The molecule has 3 N–H and O–H groups in total. The van der Waals surface area contributed by atoms with Crippen molar-refractivity contribution in [3.05, 3.63) is 29.8 Å². The zero-order valence-electron chi connectivity index (χ0n) is 10.5. The molecule has 1 aromatic heterocycles. The van der Waals surface area contributed by atoms with Crippen LogP contribution in [0.3, 0.4) is 0 Å². The third-order valence-corrected chi connectivity index (χ3v) is 2.64. The summed E-state index contributed by atoms with van der Waals surface area (Å²) in [5.41, 5.74) is 7.55. The van der Waals surface area contributed by atoms with Crippen LogP contribution in [0.1, 0.15) is 25.3 Å². The Balaban J connectivity index is 2.08. The van der Waals surface area contributed by atoms with Crippen molar-refractivity contribution in [1.82, 2.24) is 10.2 Å². The molecule has 1 aromatic carbocycles. The molecule has 1 heterocycles. The molecule has 0 saturated carbocycles. The van der Waals surface area contributed by atoms with E-state index < -0.39 is 0 Å². The minimum atomic E-state index is 0.469. The Kier molecular flexibility index (Phi) is 4.30. The lowest BCUT2D eigenvalue weighted by Crippen LogP contribution is -2.00. The Morgan fingerprint density at radius 2 is 2.22 bits per heavy atom. The second-order valence-corrected chi connectivity index (χ2v) is 4.10. The molecule has 0 fully saturated rings. The highest BCUT2D eigenvalue weighted by Crippen LogP contribution is 2.20. The molecule has 0 aliphatic rings. The molecule has 0 spiro atoms. The van der Waals surface area contributed by atoms with E-state index in [2.05, 4.69) is 22.4 Å². The first-order valence-electron chi connectivity index (χ1n) is 6.20. The third-order valence-electron chi connectivity index (χ3n) is 2.64.